The number of para-hydroxylation sites is 2. The molecule has 0 radical (unpaired) electrons. The zero-order valence-electron chi connectivity index (χ0n) is 31.1. The minimum absolute atomic E-state index is 0.0219. The highest BCUT2D eigenvalue weighted by Crippen LogP contribution is 2.45. The second-order valence-corrected chi connectivity index (χ2v) is 16.1. The van der Waals surface area contributed by atoms with Gasteiger partial charge in [0.1, 0.15) is 0 Å². The number of hydrogen-bond acceptors (Lipinski definition) is 6. The number of likely N-dealkylation sites (N-methyl/N-ethyl adjacent to an activating group) is 1. The molecule has 0 spiro atoms. The summed E-state index contributed by atoms with van der Waals surface area (Å²) in [6.45, 7) is 6.84. The molecule has 3 unspecified atom stereocenters. The number of H-pyrrole nitrogens is 1. The molecule has 2 aromatic carbocycles. The van der Waals surface area contributed by atoms with Crippen molar-refractivity contribution in [2.24, 2.45) is 17.8 Å². The quantitative estimate of drug-likeness (QED) is 0.134. The molecule has 4 aliphatic rings. The normalized spacial score (nSPS) is 23.5. The SMILES string of the molecule is C=CC(F)(F)c1cc(C[C@@H](CCC(=O)N2CCC(n3c(=O)[nH]c4ccccc43)CC2)C(=O)N2CCC(NC3CN(C)CC4CC43)CC2)cc(C(F)(F)F)c1N. The number of imidazole rings is 1. The van der Waals surface area contributed by atoms with Gasteiger partial charge in [-0.25, -0.2) is 4.79 Å². The molecule has 3 aliphatic heterocycles. The predicted molar refractivity (Wildman–Crippen MR) is 199 cm³/mol. The van der Waals surface area contributed by atoms with Crippen LogP contribution in [0.4, 0.5) is 27.6 Å². The molecule has 298 valence electrons. The maximum absolute atomic E-state index is 14.9. The molecule has 1 aliphatic carbocycles. The number of alkyl halides is 5. The second-order valence-electron chi connectivity index (χ2n) is 16.1. The third kappa shape index (κ3) is 8.33. The first-order chi connectivity index (χ1) is 26.1. The fourth-order valence-corrected chi connectivity index (χ4v) is 9.24. The van der Waals surface area contributed by atoms with Crippen molar-refractivity contribution in [2.45, 2.75) is 81.6 Å². The van der Waals surface area contributed by atoms with E-state index in [1.807, 2.05) is 24.3 Å². The van der Waals surface area contributed by atoms with Crippen LogP contribution in [0, 0.1) is 17.8 Å². The summed E-state index contributed by atoms with van der Waals surface area (Å²) in [4.78, 5) is 49.2. The third-order valence-electron chi connectivity index (χ3n) is 12.3. The Labute approximate surface area is 316 Å². The molecule has 4 atom stereocenters. The first kappa shape index (κ1) is 39.0. The van der Waals surface area contributed by atoms with E-state index >= 15 is 0 Å². The molecule has 4 heterocycles. The Morgan fingerprint density at radius 1 is 1.00 bits per heavy atom. The third-order valence-corrected chi connectivity index (χ3v) is 12.3. The number of carbonyl (C=O) groups excluding carboxylic acids is 2. The Morgan fingerprint density at radius 3 is 2.36 bits per heavy atom. The maximum atomic E-state index is 14.9. The van der Waals surface area contributed by atoms with Gasteiger partial charge in [-0.3, -0.25) is 14.2 Å². The van der Waals surface area contributed by atoms with E-state index in [0.29, 0.717) is 63.8 Å². The molecule has 3 saturated heterocycles. The van der Waals surface area contributed by atoms with Crippen molar-refractivity contribution in [3.63, 3.8) is 0 Å². The average molecular weight is 772 g/mol. The van der Waals surface area contributed by atoms with Crippen LogP contribution in [0.2, 0.25) is 0 Å². The number of aromatic nitrogens is 2. The van der Waals surface area contributed by atoms with E-state index in [4.69, 9.17) is 5.73 Å². The molecule has 2 amide bonds. The Bertz CT molecular complexity index is 1960. The number of benzene rings is 2. The summed E-state index contributed by atoms with van der Waals surface area (Å²) in [5.74, 6) is -3.90. The van der Waals surface area contributed by atoms with E-state index in [-0.39, 0.29) is 60.5 Å². The molecule has 55 heavy (non-hydrogen) atoms. The van der Waals surface area contributed by atoms with Crippen LogP contribution < -0.4 is 16.7 Å². The summed E-state index contributed by atoms with van der Waals surface area (Å²) in [6.07, 6.45) is -1.36. The number of hydrogen-bond donors (Lipinski definition) is 3. The summed E-state index contributed by atoms with van der Waals surface area (Å²) in [5, 5.41) is 3.81. The Morgan fingerprint density at radius 2 is 1.67 bits per heavy atom. The van der Waals surface area contributed by atoms with Crippen molar-refractivity contribution < 1.29 is 31.5 Å². The number of piperidine rings is 3. The number of nitrogens with two attached hydrogens (primary N) is 1. The molecule has 4 fully saturated rings. The molecule has 10 nitrogen and oxygen atoms in total. The van der Waals surface area contributed by atoms with Crippen LogP contribution in [0.25, 0.3) is 11.0 Å². The van der Waals surface area contributed by atoms with Crippen molar-refractivity contribution in [3.05, 3.63) is 76.2 Å². The van der Waals surface area contributed by atoms with Crippen LogP contribution in [-0.2, 0) is 28.1 Å². The number of aromatic amines is 1. The number of nitrogens with zero attached hydrogens (tertiary/aromatic N) is 4. The number of allylic oxidation sites excluding steroid dienone is 1. The predicted octanol–water partition coefficient (Wildman–Crippen LogP) is 5.54. The van der Waals surface area contributed by atoms with Gasteiger partial charge >= 0.3 is 11.9 Å². The number of anilines is 1. The lowest BCUT2D eigenvalue weighted by molar-refractivity contribution is -0.138. The van der Waals surface area contributed by atoms with Gasteiger partial charge in [0, 0.05) is 75.3 Å². The summed E-state index contributed by atoms with van der Waals surface area (Å²) in [7, 11) is 2.13. The number of nitrogen functional groups attached to an aromatic ring is 1. The molecule has 1 aromatic heterocycles. The van der Waals surface area contributed by atoms with Crippen LogP contribution in [-0.4, -0.2) is 94.5 Å². The van der Waals surface area contributed by atoms with Crippen molar-refractivity contribution in [1.29, 1.82) is 0 Å². The van der Waals surface area contributed by atoms with Gasteiger partial charge in [0.15, 0.2) is 0 Å². The number of halogens is 5. The van der Waals surface area contributed by atoms with E-state index in [1.54, 1.807) is 14.4 Å². The van der Waals surface area contributed by atoms with E-state index in [0.717, 1.165) is 42.2 Å². The molecule has 7 rings (SSSR count). The van der Waals surface area contributed by atoms with Crippen molar-refractivity contribution >= 4 is 28.5 Å². The van der Waals surface area contributed by atoms with Crippen molar-refractivity contribution in [1.82, 2.24) is 29.6 Å². The second kappa shape index (κ2) is 15.4. The lowest BCUT2D eigenvalue weighted by Gasteiger charge is -2.38. The molecule has 15 heteroatoms. The van der Waals surface area contributed by atoms with Gasteiger partial charge in [0.25, 0.3) is 5.92 Å². The first-order valence-electron chi connectivity index (χ1n) is 19.3. The lowest BCUT2D eigenvalue weighted by atomic mass is 9.88. The highest BCUT2D eigenvalue weighted by molar-refractivity contribution is 5.81. The molecule has 4 N–H and O–H groups in total. The summed E-state index contributed by atoms with van der Waals surface area (Å²) >= 11 is 0. The van der Waals surface area contributed by atoms with Gasteiger partial charge in [0.2, 0.25) is 11.8 Å². The number of rotatable bonds is 11. The van der Waals surface area contributed by atoms with Gasteiger partial charge in [-0.15, -0.1) is 0 Å². The number of likely N-dealkylation sites (tertiary alicyclic amines) is 3. The molecule has 3 aromatic rings. The van der Waals surface area contributed by atoms with Gasteiger partial charge in [-0.2, -0.15) is 22.0 Å². The van der Waals surface area contributed by atoms with Crippen LogP contribution in [0.15, 0.2) is 53.8 Å². The van der Waals surface area contributed by atoms with Crippen molar-refractivity contribution in [2.75, 3.05) is 52.0 Å². The van der Waals surface area contributed by atoms with Gasteiger partial charge in [0.05, 0.1) is 22.3 Å². The minimum atomic E-state index is -5.02. The standard InChI is InChI=1S/C40H50F5N7O3/c1-3-39(41,42)30-19-24(20-31(36(30)46)40(43,44)45)18-25(37(54)51-14-10-27(11-15-51)47-33-23-49(2)22-26-21-29(26)33)8-9-35(53)50-16-12-28(13-17-50)52-34-7-5-4-6-32(34)48-38(52)55/h3-7,19-20,25-29,33,47H,1,8-18,21-23,46H2,2H3,(H,48,55)/t25-,26?,29?,33?/m1/s1. The topological polar surface area (TPSA) is 120 Å². The van der Waals surface area contributed by atoms with Crippen LogP contribution in [0.5, 0.6) is 0 Å². The van der Waals surface area contributed by atoms with E-state index in [9.17, 15) is 36.3 Å². The average Bonchev–Trinajstić information content (AvgIpc) is 3.86. The Balaban J connectivity index is 1.05. The number of amides is 2. The molecular formula is C40H50F5N7O3. The van der Waals surface area contributed by atoms with Gasteiger partial charge in [-0.05, 0) is 99.7 Å². The molecule has 0 bridgehead atoms. The molecule has 1 saturated carbocycles. The van der Waals surface area contributed by atoms with Crippen LogP contribution in [0.3, 0.4) is 0 Å². The van der Waals surface area contributed by atoms with Crippen molar-refractivity contribution in [3.8, 4) is 0 Å². The molecular weight excluding hydrogens is 721 g/mol. The first-order valence-corrected chi connectivity index (χ1v) is 19.3. The number of fused-ring (bicyclic) bond motifs is 2. The zero-order valence-corrected chi connectivity index (χ0v) is 31.1. The van der Waals surface area contributed by atoms with Gasteiger partial charge in [-0.1, -0.05) is 18.7 Å². The van der Waals surface area contributed by atoms with Gasteiger partial charge < -0.3 is 30.7 Å². The van der Waals surface area contributed by atoms with Crippen LogP contribution in [0.1, 0.15) is 67.7 Å². The minimum Gasteiger partial charge on any atom is -0.398 e. The zero-order chi connectivity index (χ0) is 39.2. The fraction of sp³-hybridized carbons (Fsp3) is 0.575. The van der Waals surface area contributed by atoms with E-state index in [1.165, 1.54) is 6.42 Å². The largest absolute Gasteiger partial charge is 0.418 e. The maximum Gasteiger partial charge on any atom is 0.418 e. The highest BCUT2D eigenvalue weighted by atomic mass is 19.4. The van der Waals surface area contributed by atoms with Crippen LogP contribution >= 0.6 is 0 Å². The monoisotopic (exact) mass is 771 g/mol. The Hall–Kier alpha value is -4.24. The van der Waals surface area contributed by atoms with E-state index < -0.39 is 34.8 Å². The number of carbonyl (C=O) groups is 2. The Kier molecular flexibility index (Phi) is 10.9. The van der Waals surface area contributed by atoms with E-state index in [2.05, 4.69) is 28.8 Å². The smallest absolute Gasteiger partial charge is 0.398 e. The highest BCUT2D eigenvalue weighted by Gasteiger charge is 2.47. The number of nitrogens with one attached hydrogen (secondary N) is 2. The lowest BCUT2D eigenvalue weighted by Crippen LogP contribution is -2.53. The summed E-state index contributed by atoms with van der Waals surface area (Å²) in [6, 6.07) is 9.59. The summed E-state index contributed by atoms with van der Waals surface area (Å²) < 4.78 is 73.8. The summed E-state index contributed by atoms with van der Waals surface area (Å²) in [5.41, 5.74) is 3.34. The fourth-order valence-electron chi connectivity index (χ4n) is 9.24.